The van der Waals surface area contributed by atoms with Crippen LogP contribution in [0.2, 0.25) is 0 Å². The standard InChI is InChI=1S/C6H12F3NO.ClH/c1-4(2)3-5(10,11)6(7,8)9;/h4,11H,3,10H2,1-2H3;1H. The van der Waals surface area contributed by atoms with Gasteiger partial charge in [-0.15, -0.1) is 12.4 Å². The molecular formula is C6H13ClF3NO. The van der Waals surface area contributed by atoms with Gasteiger partial charge in [0.15, 0.2) is 0 Å². The maximum absolute atomic E-state index is 11.8. The van der Waals surface area contributed by atoms with Crippen molar-refractivity contribution in [3.63, 3.8) is 0 Å². The van der Waals surface area contributed by atoms with Crippen LogP contribution in [-0.2, 0) is 0 Å². The van der Waals surface area contributed by atoms with E-state index >= 15 is 0 Å². The highest BCUT2D eigenvalue weighted by Crippen LogP contribution is 2.30. The maximum atomic E-state index is 11.8. The molecular weight excluding hydrogens is 195 g/mol. The highest BCUT2D eigenvalue weighted by molar-refractivity contribution is 5.85. The number of alkyl halides is 3. The highest BCUT2D eigenvalue weighted by Gasteiger charge is 2.50. The Morgan fingerprint density at radius 1 is 1.33 bits per heavy atom. The molecule has 0 aromatic heterocycles. The van der Waals surface area contributed by atoms with Gasteiger partial charge >= 0.3 is 6.18 Å². The molecule has 12 heavy (non-hydrogen) atoms. The van der Waals surface area contributed by atoms with Crippen molar-refractivity contribution in [2.24, 2.45) is 11.7 Å². The van der Waals surface area contributed by atoms with Crippen LogP contribution in [0.15, 0.2) is 0 Å². The fraction of sp³-hybridized carbons (Fsp3) is 1.00. The third kappa shape index (κ3) is 4.13. The number of rotatable bonds is 2. The lowest BCUT2D eigenvalue weighted by molar-refractivity contribution is -0.263. The molecule has 0 bridgehead atoms. The van der Waals surface area contributed by atoms with E-state index in [1.165, 1.54) is 0 Å². The van der Waals surface area contributed by atoms with Gasteiger partial charge in [0, 0.05) is 6.42 Å². The van der Waals surface area contributed by atoms with E-state index in [0.29, 0.717) is 0 Å². The Bertz CT molecular complexity index is 135. The van der Waals surface area contributed by atoms with Crippen LogP contribution in [0.25, 0.3) is 0 Å². The molecule has 0 aliphatic heterocycles. The van der Waals surface area contributed by atoms with Crippen molar-refractivity contribution < 1.29 is 18.3 Å². The molecule has 0 aromatic rings. The lowest BCUT2D eigenvalue weighted by Crippen LogP contribution is -2.54. The summed E-state index contributed by atoms with van der Waals surface area (Å²) in [5, 5.41) is 8.67. The minimum Gasteiger partial charge on any atom is -0.368 e. The monoisotopic (exact) mass is 207 g/mol. The maximum Gasteiger partial charge on any atom is 0.430 e. The van der Waals surface area contributed by atoms with Crippen LogP contribution in [0.5, 0.6) is 0 Å². The first kappa shape index (κ1) is 14.5. The second kappa shape index (κ2) is 4.30. The second-order valence-electron chi connectivity index (χ2n) is 3.02. The molecule has 0 saturated carbocycles. The molecule has 0 aliphatic carbocycles. The predicted molar refractivity (Wildman–Crippen MR) is 41.9 cm³/mol. The van der Waals surface area contributed by atoms with Crippen LogP contribution in [0, 0.1) is 5.92 Å². The summed E-state index contributed by atoms with van der Waals surface area (Å²) < 4.78 is 35.5. The van der Waals surface area contributed by atoms with E-state index in [4.69, 9.17) is 5.11 Å². The Labute approximate surface area is 75.3 Å². The van der Waals surface area contributed by atoms with E-state index in [1.54, 1.807) is 13.8 Å². The minimum atomic E-state index is -4.74. The molecule has 0 rings (SSSR count). The van der Waals surface area contributed by atoms with Gasteiger partial charge in [-0.3, -0.25) is 5.73 Å². The van der Waals surface area contributed by atoms with Gasteiger partial charge < -0.3 is 5.11 Å². The van der Waals surface area contributed by atoms with Gasteiger partial charge in [-0.1, -0.05) is 13.8 Å². The van der Waals surface area contributed by atoms with Gasteiger partial charge in [-0.2, -0.15) is 13.2 Å². The van der Waals surface area contributed by atoms with E-state index in [0.717, 1.165) is 0 Å². The van der Waals surface area contributed by atoms with Crippen LogP contribution in [0.4, 0.5) is 13.2 Å². The molecule has 0 fully saturated rings. The molecule has 0 spiro atoms. The van der Waals surface area contributed by atoms with Gasteiger partial charge in [0.1, 0.15) is 0 Å². The molecule has 3 N–H and O–H groups in total. The van der Waals surface area contributed by atoms with Crippen LogP contribution < -0.4 is 5.73 Å². The Balaban J connectivity index is 0. The van der Waals surface area contributed by atoms with Crippen LogP contribution >= 0.6 is 12.4 Å². The van der Waals surface area contributed by atoms with Crippen molar-refractivity contribution in [2.75, 3.05) is 0 Å². The Morgan fingerprint density at radius 3 is 1.75 bits per heavy atom. The molecule has 0 amide bonds. The number of nitrogens with two attached hydrogens (primary N) is 1. The average molecular weight is 208 g/mol. The first-order valence-corrected chi connectivity index (χ1v) is 3.25. The molecule has 1 atom stereocenters. The average Bonchev–Trinajstić information content (AvgIpc) is 1.56. The van der Waals surface area contributed by atoms with Crippen molar-refractivity contribution in [1.29, 1.82) is 0 Å². The van der Waals surface area contributed by atoms with Crippen LogP contribution in [-0.4, -0.2) is 17.0 Å². The lowest BCUT2D eigenvalue weighted by atomic mass is 10.0. The van der Waals surface area contributed by atoms with Gasteiger partial charge in [-0.05, 0) is 5.92 Å². The molecule has 0 radical (unpaired) electrons. The third-order valence-electron chi connectivity index (χ3n) is 1.21. The van der Waals surface area contributed by atoms with Crippen molar-refractivity contribution in [3.8, 4) is 0 Å². The van der Waals surface area contributed by atoms with Crippen molar-refractivity contribution in [3.05, 3.63) is 0 Å². The zero-order valence-corrected chi connectivity index (χ0v) is 7.67. The highest BCUT2D eigenvalue weighted by atomic mass is 35.5. The van der Waals surface area contributed by atoms with Crippen LogP contribution in [0.3, 0.4) is 0 Å². The van der Waals surface area contributed by atoms with Crippen molar-refractivity contribution >= 4 is 12.4 Å². The summed E-state index contributed by atoms with van der Waals surface area (Å²) in [6.07, 6.45) is -5.21. The number of halogens is 4. The van der Waals surface area contributed by atoms with Crippen molar-refractivity contribution in [1.82, 2.24) is 0 Å². The van der Waals surface area contributed by atoms with Gasteiger partial charge in [-0.25, -0.2) is 0 Å². The van der Waals surface area contributed by atoms with Gasteiger partial charge in [0.05, 0.1) is 0 Å². The largest absolute Gasteiger partial charge is 0.430 e. The van der Waals surface area contributed by atoms with E-state index < -0.39 is 18.3 Å². The quantitative estimate of drug-likeness (QED) is 0.677. The molecule has 2 nitrogen and oxygen atoms in total. The third-order valence-corrected chi connectivity index (χ3v) is 1.21. The summed E-state index contributed by atoms with van der Waals surface area (Å²) in [5.74, 6) is -0.286. The Morgan fingerprint density at radius 2 is 1.67 bits per heavy atom. The molecule has 76 valence electrons. The Hall–Kier alpha value is -0.0000000000000000555. The summed E-state index contributed by atoms with van der Waals surface area (Å²) in [6.45, 7) is 3.12. The molecule has 0 aliphatic rings. The zero-order valence-electron chi connectivity index (χ0n) is 6.85. The summed E-state index contributed by atoms with van der Waals surface area (Å²) in [7, 11) is 0. The molecule has 6 heteroatoms. The first-order chi connectivity index (χ1) is 4.67. The normalized spacial score (nSPS) is 17.0. The van der Waals surface area contributed by atoms with E-state index in [-0.39, 0.29) is 18.3 Å². The number of hydrogen-bond acceptors (Lipinski definition) is 2. The summed E-state index contributed by atoms with van der Waals surface area (Å²) in [5.41, 5.74) is 1.58. The van der Waals surface area contributed by atoms with Gasteiger partial charge in [0.2, 0.25) is 5.72 Å². The number of aliphatic hydroxyl groups is 1. The fourth-order valence-corrected chi connectivity index (χ4v) is 0.738. The number of hydrogen-bond donors (Lipinski definition) is 2. The summed E-state index contributed by atoms with van der Waals surface area (Å²) in [6, 6.07) is 0. The Kier molecular flexibility index (Phi) is 5.20. The predicted octanol–water partition coefficient (Wildman–Crippen LogP) is 1.66. The van der Waals surface area contributed by atoms with Crippen molar-refractivity contribution in [2.45, 2.75) is 32.2 Å². The summed E-state index contributed by atoms with van der Waals surface area (Å²) >= 11 is 0. The smallest absolute Gasteiger partial charge is 0.368 e. The van der Waals surface area contributed by atoms with E-state index in [1.807, 2.05) is 0 Å². The minimum absolute atomic E-state index is 0. The molecule has 1 unspecified atom stereocenters. The molecule has 0 aromatic carbocycles. The second-order valence-corrected chi connectivity index (χ2v) is 3.02. The first-order valence-electron chi connectivity index (χ1n) is 3.25. The van der Waals surface area contributed by atoms with E-state index in [2.05, 4.69) is 5.73 Å². The molecule has 0 heterocycles. The SMILES string of the molecule is CC(C)CC(N)(O)C(F)(F)F.Cl. The van der Waals surface area contributed by atoms with Gasteiger partial charge in [0.25, 0.3) is 0 Å². The van der Waals surface area contributed by atoms with Crippen LogP contribution in [0.1, 0.15) is 20.3 Å². The summed E-state index contributed by atoms with van der Waals surface area (Å²) in [4.78, 5) is 0. The zero-order chi connectivity index (χ0) is 9.28. The molecule has 0 saturated heterocycles. The van der Waals surface area contributed by atoms with E-state index in [9.17, 15) is 13.2 Å². The topological polar surface area (TPSA) is 46.2 Å². The fourth-order valence-electron chi connectivity index (χ4n) is 0.738. The lowest BCUT2D eigenvalue weighted by Gasteiger charge is -2.27.